The molecule has 0 bridgehead atoms. The van der Waals surface area contributed by atoms with E-state index in [1.54, 1.807) is 20.3 Å². The van der Waals surface area contributed by atoms with Crippen LogP contribution in [0.2, 0.25) is 5.02 Å². The van der Waals surface area contributed by atoms with Gasteiger partial charge in [0, 0.05) is 5.56 Å². The highest BCUT2D eigenvalue weighted by Gasteiger charge is 2.41. The number of benzene rings is 1. The van der Waals surface area contributed by atoms with Gasteiger partial charge < -0.3 is 9.47 Å². The molecule has 1 aliphatic carbocycles. The largest absolute Gasteiger partial charge is 0.493 e. The van der Waals surface area contributed by atoms with Gasteiger partial charge in [0.05, 0.1) is 24.8 Å². The number of carbonyl (C=O) groups excluding carboxylic acids is 1. The summed E-state index contributed by atoms with van der Waals surface area (Å²) in [7, 11) is 3.12. The zero-order valence-corrected chi connectivity index (χ0v) is 12.0. The molecule has 1 saturated carbocycles. The first kappa shape index (κ1) is 13.9. The maximum Gasteiger partial charge on any atom is 0.235 e. The number of hydrogen-bond acceptors (Lipinski definition) is 4. The van der Waals surface area contributed by atoms with E-state index >= 15 is 0 Å². The van der Waals surface area contributed by atoms with Crippen LogP contribution >= 0.6 is 11.6 Å². The van der Waals surface area contributed by atoms with Crippen molar-refractivity contribution < 1.29 is 14.3 Å². The number of halogens is 1. The van der Waals surface area contributed by atoms with Gasteiger partial charge >= 0.3 is 0 Å². The second-order valence-corrected chi connectivity index (χ2v) is 5.09. The minimum Gasteiger partial charge on any atom is -0.493 e. The molecule has 0 aromatic heterocycles. The van der Waals surface area contributed by atoms with Crippen molar-refractivity contribution in [2.24, 2.45) is 4.99 Å². The van der Waals surface area contributed by atoms with Crippen LogP contribution in [0.25, 0.3) is 0 Å². The predicted octanol–water partition coefficient (Wildman–Crippen LogP) is 3.38. The fourth-order valence-electron chi connectivity index (χ4n) is 2.66. The van der Waals surface area contributed by atoms with E-state index in [9.17, 15) is 4.79 Å². The van der Waals surface area contributed by atoms with Gasteiger partial charge in [0.15, 0.2) is 11.5 Å². The van der Waals surface area contributed by atoms with Crippen LogP contribution < -0.4 is 9.47 Å². The molecule has 5 heteroatoms. The lowest BCUT2D eigenvalue weighted by atomic mass is 9.71. The van der Waals surface area contributed by atoms with Crippen molar-refractivity contribution in [3.05, 3.63) is 22.2 Å². The average Bonchev–Trinajstić information content (AvgIpc) is 2.36. The highest BCUT2D eigenvalue weighted by Crippen LogP contribution is 2.50. The van der Waals surface area contributed by atoms with E-state index in [1.807, 2.05) is 13.0 Å². The third-order valence-electron chi connectivity index (χ3n) is 3.79. The molecule has 0 unspecified atom stereocenters. The van der Waals surface area contributed by atoms with E-state index in [1.165, 1.54) is 0 Å². The first-order chi connectivity index (χ1) is 9.09. The Morgan fingerprint density at radius 2 is 1.95 bits per heavy atom. The molecular formula is C14H16ClNO3. The molecule has 1 aromatic carbocycles. The Bertz CT molecular complexity index is 546. The number of aliphatic imine (C=N–C) groups is 1. The first-order valence-electron chi connectivity index (χ1n) is 6.10. The van der Waals surface area contributed by atoms with Gasteiger partial charge in [-0.1, -0.05) is 11.6 Å². The lowest BCUT2D eigenvalue weighted by Gasteiger charge is -2.38. The van der Waals surface area contributed by atoms with Crippen LogP contribution in [0.15, 0.2) is 11.1 Å². The zero-order chi connectivity index (χ0) is 14.0. The van der Waals surface area contributed by atoms with Gasteiger partial charge in [0.1, 0.15) is 0 Å². The molecule has 0 saturated heterocycles. The van der Waals surface area contributed by atoms with Crippen molar-refractivity contribution in [1.82, 2.24) is 0 Å². The Balaban J connectivity index is 2.65. The van der Waals surface area contributed by atoms with E-state index < -0.39 is 5.54 Å². The van der Waals surface area contributed by atoms with Gasteiger partial charge in [0.25, 0.3) is 0 Å². The van der Waals surface area contributed by atoms with Gasteiger partial charge in [-0.15, -0.1) is 0 Å². The van der Waals surface area contributed by atoms with Crippen LogP contribution in [-0.4, -0.2) is 20.3 Å². The maximum atomic E-state index is 10.7. The second-order valence-electron chi connectivity index (χ2n) is 4.69. The van der Waals surface area contributed by atoms with Crippen LogP contribution in [0.4, 0.5) is 0 Å². The molecule has 1 aromatic rings. The van der Waals surface area contributed by atoms with Gasteiger partial charge in [0.2, 0.25) is 6.08 Å². The Morgan fingerprint density at radius 1 is 1.32 bits per heavy atom. The summed E-state index contributed by atoms with van der Waals surface area (Å²) in [5.41, 5.74) is 1.34. The molecule has 0 aliphatic heterocycles. The van der Waals surface area contributed by atoms with Crippen LogP contribution in [0.3, 0.4) is 0 Å². The predicted molar refractivity (Wildman–Crippen MR) is 72.9 cm³/mol. The molecule has 4 nitrogen and oxygen atoms in total. The Hall–Kier alpha value is -1.51. The van der Waals surface area contributed by atoms with Crippen LogP contribution in [0.1, 0.15) is 30.4 Å². The summed E-state index contributed by atoms with van der Waals surface area (Å²) < 4.78 is 10.6. The van der Waals surface area contributed by atoms with E-state index in [-0.39, 0.29) is 0 Å². The number of ether oxygens (including phenoxy) is 2. The van der Waals surface area contributed by atoms with Gasteiger partial charge in [-0.05, 0) is 37.8 Å². The van der Waals surface area contributed by atoms with Gasteiger partial charge in [-0.25, -0.2) is 4.79 Å². The summed E-state index contributed by atoms with van der Waals surface area (Å²) in [6.07, 6.45) is 4.38. The number of rotatable bonds is 4. The summed E-state index contributed by atoms with van der Waals surface area (Å²) in [4.78, 5) is 14.7. The van der Waals surface area contributed by atoms with E-state index in [2.05, 4.69) is 4.99 Å². The summed E-state index contributed by atoms with van der Waals surface area (Å²) in [5, 5.41) is 0.465. The lowest BCUT2D eigenvalue weighted by molar-refractivity contribution is 0.252. The van der Waals surface area contributed by atoms with Gasteiger partial charge in [-0.3, -0.25) is 0 Å². The van der Waals surface area contributed by atoms with Crippen molar-refractivity contribution in [3.63, 3.8) is 0 Å². The fourth-order valence-corrected chi connectivity index (χ4v) is 2.93. The zero-order valence-electron chi connectivity index (χ0n) is 11.2. The van der Waals surface area contributed by atoms with Gasteiger partial charge in [-0.2, -0.15) is 4.99 Å². The van der Waals surface area contributed by atoms with Crippen molar-refractivity contribution in [3.8, 4) is 11.5 Å². The molecule has 0 heterocycles. The van der Waals surface area contributed by atoms with Crippen molar-refractivity contribution in [2.75, 3.05) is 14.2 Å². The number of hydrogen-bond donors (Lipinski definition) is 0. The molecule has 19 heavy (non-hydrogen) atoms. The highest BCUT2D eigenvalue weighted by molar-refractivity contribution is 6.32. The second kappa shape index (κ2) is 5.24. The Kier molecular flexibility index (Phi) is 3.83. The molecule has 0 amide bonds. The highest BCUT2D eigenvalue weighted by atomic mass is 35.5. The van der Waals surface area contributed by atoms with E-state index in [0.29, 0.717) is 16.5 Å². The van der Waals surface area contributed by atoms with E-state index in [0.717, 1.165) is 30.4 Å². The van der Waals surface area contributed by atoms with Crippen LogP contribution in [0.5, 0.6) is 11.5 Å². The number of methoxy groups -OCH3 is 2. The Morgan fingerprint density at radius 3 is 2.37 bits per heavy atom. The summed E-state index contributed by atoms with van der Waals surface area (Å²) in [6.45, 7) is 1.92. The molecular weight excluding hydrogens is 266 g/mol. The number of isocyanates is 1. The molecule has 102 valence electrons. The maximum absolute atomic E-state index is 10.7. The fraction of sp³-hybridized carbons (Fsp3) is 0.500. The van der Waals surface area contributed by atoms with Crippen LogP contribution in [-0.2, 0) is 10.3 Å². The summed E-state index contributed by atoms with van der Waals surface area (Å²) >= 11 is 6.23. The molecule has 0 N–H and O–H groups in total. The minimum absolute atomic E-state index is 0.465. The minimum atomic E-state index is -0.491. The molecule has 1 fully saturated rings. The SMILES string of the molecule is COc1c(Cl)cc(C2(N=C=O)CCC2)c(C)c1OC. The van der Waals surface area contributed by atoms with Crippen LogP contribution in [0, 0.1) is 6.92 Å². The third-order valence-corrected chi connectivity index (χ3v) is 4.07. The first-order valence-corrected chi connectivity index (χ1v) is 6.48. The molecule has 0 spiro atoms. The van der Waals surface area contributed by atoms with Crippen molar-refractivity contribution in [2.45, 2.75) is 31.7 Å². The topological polar surface area (TPSA) is 47.9 Å². The lowest BCUT2D eigenvalue weighted by Crippen LogP contribution is -2.32. The summed E-state index contributed by atoms with van der Waals surface area (Å²) in [5.74, 6) is 1.10. The Labute approximate surface area is 117 Å². The van der Waals surface area contributed by atoms with Crippen molar-refractivity contribution >= 4 is 17.7 Å². The quantitative estimate of drug-likeness (QED) is 0.628. The number of nitrogens with zero attached hydrogens (tertiary/aromatic N) is 1. The normalized spacial score (nSPS) is 16.2. The summed E-state index contributed by atoms with van der Waals surface area (Å²) in [6, 6.07) is 1.82. The van der Waals surface area contributed by atoms with E-state index in [4.69, 9.17) is 21.1 Å². The monoisotopic (exact) mass is 281 g/mol. The smallest absolute Gasteiger partial charge is 0.235 e. The standard InChI is InChI=1S/C14H16ClNO3/c1-9-10(14(16-8-17)5-4-6-14)7-11(15)13(19-3)12(9)18-2/h7H,4-6H2,1-3H3. The van der Waals surface area contributed by atoms with Crippen molar-refractivity contribution in [1.29, 1.82) is 0 Å². The average molecular weight is 282 g/mol. The molecule has 0 atom stereocenters. The molecule has 1 aliphatic rings. The molecule has 2 rings (SSSR count). The molecule has 0 radical (unpaired) electrons. The third kappa shape index (κ3) is 2.11.